The molecule has 4 heteroatoms. The van der Waals surface area contributed by atoms with Crippen molar-refractivity contribution in [1.29, 1.82) is 0 Å². The van der Waals surface area contributed by atoms with Crippen LogP contribution in [-0.4, -0.2) is 36.5 Å². The lowest BCUT2D eigenvalue weighted by molar-refractivity contribution is 0.0629. The van der Waals surface area contributed by atoms with Gasteiger partial charge in [-0.3, -0.25) is 4.79 Å². The van der Waals surface area contributed by atoms with Gasteiger partial charge in [-0.1, -0.05) is 6.07 Å². The molecule has 1 saturated heterocycles. The van der Waals surface area contributed by atoms with Gasteiger partial charge in [0.05, 0.1) is 6.04 Å². The summed E-state index contributed by atoms with van der Waals surface area (Å²) in [6, 6.07) is 4.60. The van der Waals surface area contributed by atoms with E-state index in [9.17, 15) is 9.18 Å². The molecule has 0 unspecified atom stereocenters. The largest absolute Gasteiger partial charge is 0.333 e. The highest BCUT2D eigenvalue weighted by atomic mass is 19.1. The molecular weight excluding hydrogens is 219 g/mol. The summed E-state index contributed by atoms with van der Waals surface area (Å²) in [5.41, 5.74) is 1.29. The molecule has 1 amide bonds. The third-order valence-corrected chi connectivity index (χ3v) is 3.23. The molecule has 0 bridgehead atoms. The lowest BCUT2D eigenvalue weighted by Gasteiger charge is -2.37. The summed E-state index contributed by atoms with van der Waals surface area (Å²) in [6.07, 6.45) is 0. The summed E-state index contributed by atoms with van der Waals surface area (Å²) in [5, 5.41) is 3.14. The summed E-state index contributed by atoms with van der Waals surface area (Å²) < 4.78 is 13.2. The average molecular weight is 236 g/mol. The number of benzene rings is 1. The molecule has 1 heterocycles. The molecule has 0 saturated carbocycles. The highest BCUT2D eigenvalue weighted by Crippen LogP contribution is 2.16. The van der Waals surface area contributed by atoms with E-state index in [2.05, 4.69) is 5.32 Å². The summed E-state index contributed by atoms with van der Waals surface area (Å²) in [7, 11) is 0. The Morgan fingerprint density at radius 2 is 2.24 bits per heavy atom. The van der Waals surface area contributed by atoms with Crippen molar-refractivity contribution in [2.24, 2.45) is 0 Å². The summed E-state index contributed by atoms with van der Waals surface area (Å²) in [4.78, 5) is 14.1. The van der Waals surface area contributed by atoms with E-state index in [0.717, 1.165) is 18.7 Å². The van der Waals surface area contributed by atoms with E-state index in [4.69, 9.17) is 0 Å². The van der Waals surface area contributed by atoms with Crippen LogP contribution in [0, 0.1) is 12.7 Å². The van der Waals surface area contributed by atoms with Gasteiger partial charge in [0, 0.05) is 25.2 Å². The van der Waals surface area contributed by atoms with Crippen LogP contribution >= 0.6 is 0 Å². The lowest BCUT2D eigenvalue weighted by Crippen LogP contribution is -2.58. The summed E-state index contributed by atoms with van der Waals surface area (Å²) in [5.74, 6) is -0.433. The van der Waals surface area contributed by atoms with Crippen molar-refractivity contribution in [1.82, 2.24) is 10.2 Å². The lowest BCUT2D eigenvalue weighted by atomic mass is 10.0. The van der Waals surface area contributed by atoms with Crippen molar-refractivity contribution < 1.29 is 9.18 Å². The predicted molar refractivity (Wildman–Crippen MR) is 64.5 cm³/mol. The normalized spacial score (nSPS) is 15.5. The first kappa shape index (κ1) is 12.0. The average Bonchev–Trinajstić information content (AvgIpc) is 2.25. The Balaban J connectivity index is 2.25. The van der Waals surface area contributed by atoms with E-state index in [1.54, 1.807) is 11.0 Å². The van der Waals surface area contributed by atoms with Gasteiger partial charge < -0.3 is 10.2 Å². The van der Waals surface area contributed by atoms with Gasteiger partial charge in [0.25, 0.3) is 5.91 Å². The SMILES string of the molecule is CCN(C(=O)c1cc(F)ccc1C)C1CNC1. The van der Waals surface area contributed by atoms with Crippen LogP contribution < -0.4 is 5.32 Å². The second-order valence-electron chi connectivity index (χ2n) is 4.36. The molecule has 0 aromatic heterocycles. The molecule has 1 fully saturated rings. The molecule has 17 heavy (non-hydrogen) atoms. The minimum Gasteiger partial charge on any atom is -0.333 e. The van der Waals surface area contributed by atoms with Crippen molar-refractivity contribution in [3.8, 4) is 0 Å². The van der Waals surface area contributed by atoms with E-state index in [1.807, 2.05) is 13.8 Å². The molecule has 3 nitrogen and oxygen atoms in total. The van der Waals surface area contributed by atoms with Crippen LogP contribution in [-0.2, 0) is 0 Å². The second kappa shape index (κ2) is 4.84. The molecule has 0 radical (unpaired) electrons. The third-order valence-electron chi connectivity index (χ3n) is 3.23. The molecule has 0 spiro atoms. The molecule has 0 aliphatic carbocycles. The number of aryl methyl sites for hydroxylation is 1. The summed E-state index contributed by atoms with van der Waals surface area (Å²) >= 11 is 0. The van der Waals surface area contributed by atoms with Crippen LogP contribution in [0.4, 0.5) is 4.39 Å². The van der Waals surface area contributed by atoms with Crippen LogP contribution in [0.2, 0.25) is 0 Å². The highest BCUT2D eigenvalue weighted by molar-refractivity contribution is 5.96. The number of hydrogen-bond acceptors (Lipinski definition) is 2. The maximum Gasteiger partial charge on any atom is 0.254 e. The Hall–Kier alpha value is -1.42. The fourth-order valence-corrected chi connectivity index (χ4v) is 2.04. The van der Waals surface area contributed by atoms with Crippen LogP contribution in [0.1, 0.15) is 22.8 Å². The molecule has 2 rings (SSSR count). The number of rotatable bonds is 3. The minimum atomic E-state index is -0.360. The van der Waals surface area contributed by atoms with Crippen molar-refractivity contribution >= 4 is 5.91 Å². The smallest absolute Gasteiger partial charge is 0.254 e. The van der Waals surface area contributed by atoms with Gasteiger partial charge in [-0.2, -0.15) is 0 Å². The van der Waals surface area contributed by atoms with E-state index < -0.39 is 0 Å². The van der Waals surface area contributed by atoms with Gasteiger partial charge in [0.1, 0.15) is 5.82 Å². The Labute approximate surface area is 101 Å². The topological polar surface area (TPSA) is 32.3 Å². The number of likely N-dealkylation sites (N-methyl/N-ethyl adjacent to an activating group) is 1. The molecule has 1 aromatic rings. The predicted octanol–water partition coefficient (Wildman–Crippen LogP) is 1.57. The van der Waals surface area contributed by atoms with Gasteiger partial charge in [0.15, 0.2) is 0 Å². The van der Waals surface area contributed by atoms with Crippen molar-refractivity contribution in [3.63, 3.8) is 0 Å². The standard InChI is InChI=1S/C13H17FN2O/c1-3-16(11-7-15-8-11)13(17)12-6-10(14)5-4-9(12)2/h4-6,11,15H,3,7-8H2,1-2H3. The Morgan fingerprint density at radius 3 is 2.76 bits per heavy atom. The molecule has 1 aliphatic heterocycles. The first-order valence-electron chi connectivity index (χ1n) is 5.91. The zero-order valence-electron chi connectivity index (χ0n) is 10.2. The molecule has 92 valence electrons. The van der Waals surface area contributed by atoms with Crippen LogP contribution in [0.15, 0.2) is 18.2 Å². The number of nitrogens with zero attached hydrogens (tertiary/aromatic N) is 1. The Bertz CT molecular complexity index is 429. The molecular formula is C13H17FN2O. The third kappa shape index (κ3) is 2.31. The zero-order valence-corrected chi connectivity index (χ0v) is 10.2. The van der Waals surface area contributed by atoms with Crippen molar-refractivity contribution in [2.45, 2.75) is 19.9 Å². The van der Waals surface area contributed by atoms with Crippen LogP contribution in [0.5, 0.6) is 0 Å². The maximum atomic E-state index is 13.2. The molecule has 1 aliphatic rings. The second-order valence-corrected chi connectivity index (χ2v) is 4.36. The van der Waals surface area contributed by atoms with Gasteiger partial charge in [0.2, 0.25) is 0 Å². The molecule has 0 atom stereocenters. The fraction of sp³-hybridized carbons (Fsp3) is 0.462. The van der Waals surface area contributed by atoms with E-state index in [1.165, 1.54) is 12.1 Å². The monoisotopic (exact) mass is 236 g/mol. The molecule has 1 aromatic carbocycles. The molecule has 1 N–H and O–H groups in total. The minimum absolute atomic E-state index is 0.0731. The summed E-state index contributed by atoms with van der Waals surface area (Å²) in [6.45, 7) is 6.09. The van der Waals surface area contributed by atoms with E-state index in [-0.39, 0.29) is 17.8 Å². The number of halogens is 1. The van der Waals surface area contributed by atoms with Crippen molar-refractivity contribution in [2.75, 3.05) is 19.6 Å². The van der Waals surface area contributed by atoms with Crippen LogP contribution in [0.25, 0.3) is 0 Å². The number of nitrogens with one attached hydrogen (secondary N) is 1. The van der Waals surface area contributed by atoms with E-state index >= 15 is 0 Å². The number of carbonyl (C=O) groups excluding carboxylic acids is 1. The van der Waals surface area contributed by atoms with Gasteiger partial charge >= 0.3 is 0 Å². The zero-order chi connectivity index (χ0) is 12.4. The van der Waals surface area contributed by atoms with Gasteiger partial charge in [-0.25, -0.2) is 4.39 Å². The van der Waals surface area contributed by atoms with Gasteiger partial charge in [-0.05, 0) is 31.5 Å². The van der Waals surface area contributed by atoms with Crippen LogP contribution in [0.3, 0.4) is 0 Å². The first-order chi connectivity index (χ1) is 8.13. The first-order valence-corrected chi connectivity index (χ1v) is 5.91. The maximum absolute atomic E-state index is 13.2. The Kier molecular flexibility index (Phi) is 3.43. The van der Waals surface area contributed by atoms with Gasteiger partial charge in [-0.15, -0.1) is 0 Å². The quantitative estimate of drug-likeness (QED) is 0.864. The number of carbonyl (C=O) groups is 1. The van der Waals surface area contributed by atoms with Crippen molar-refractivity contribution in [3.05, 3.63) is 35.1 Å². The number of amides is 1. The Morgan fingerprint density at radius 1 is 1.53 bits per heavy atom. The fourth-order valence-electron chi connectivity index (χ4n) is 2.04. The number of hydrogen-bond donors (Lipinski definition) is 1. The highest BCUT2D eigenvalue weighted by Gasteiger charge is 2.28. The van der Waals surface area contributed by atoms with E-state index in [0.29, 0.717) is 12.1 Å².